The first kappa shape index (κ1) is 15.2. The van der Waals surface area contributed by atoms with Gasteiger partial charge in [0.15, 0.2) is 0 Å². The molecule has 3 nitrogen and oxygen atoms in total. The monoisotopic (exact) mass is 318 g/mol. The normalized spacial score (nSPS) is 14.2. The van der Waals surface area contributed by atoms with Crippen molar-refractivity contribution in [2.24, 2.45) is 11.7 Å². The van der Waals surface area contributed by atoms with Crippen LogP contribution >= 0.6 is 0 Å². The Morgan fingerprint density at radius 3 is 2.38 bits per heavy atom. The van der Waals surface area contributed by atoms with Crippen LogP contribution in [0.5, 0.6) is 0 Å². The van der Waals surface area contributed by atoms with E-state index in [0.717, 1.165) is 35.9 Å². The second-order valence-electron chi connectivity index (χ2n) is 6.67. The fourth-order valence-electron chi connectivity index (χ4n) is 4.09. The average Bonchev–Trinajstić information content (AvgIpc) is 3.15. The van der Waals surface area contributed by atoms with Gasteiger partial charge >= 0.3 is 0 Å². The largest absolute Gasteiger partial charge is 0.330 e. The minimum atomic E-state index is 0.0302. The van der Waals surface area contributed by atoms with Gasteiger partial charge in [-0.3, -0.25) is 9.36 Å². The molecule has 122 valence electrons. The van der Waals surface area contributed by atoms with Gasteiger partial charge in [0.1, 0.15) is 0 Å². The number of para-hydroxylation sites is 1. The summed E-state index contributed by atoms with van der Waals surface area (Å²) in [6.07, 6.45) is 2.48. The van der Waals surface area contributed by atoms with E-state index in [4.69, 9.17) is 5.73 Å². The lowest BCUT2D eigenvalue weighted by Gasteiger charge is -2.12. The van der Waals surface area contributed by atoms with E-state index >= 15 is 0 Å². The third kappa shape index (κ3) is 2.28. The number of aromatic nitrogens is 1. The van der Waals surface area contributed by atoms with Crippen LogP contribution in [0.2, 0.25) is 0 Å². The number of carbonyl (C=O) groups excluding carboxylic acids is 1. The standard InChI is InChI=1S/C21H22N2O/c1-14-18(10-11-22)19-8-4-5-9-20(19)23(14)21(24)17-12-15-6-2-3-7-16(15)13-17/h2-9,17H,10-13,22H2,1H3. The molecule has 2 N–H and O–H groups in total. The van der Waals surface area contributed by atoms with Crippen LogP contribution in [0.1, 0.15) is 27.2 Å². The maximum Gasteiger partial charge on any atom is 0.235 e. The summed E-state index contributed by atoms with van der Waals surface area (Å²) in [5.74, 6) is 0.241. The topological polar surface area (TPSA) is 48.0 Å². The SMILES string of the molecule is Cc1c(CCN)c2ccccc2n1C(=O)C1Cc2ccccc2C1. The summed E-state index contributed by atoms with van der Waals surface area (Å²) >= 11 is 0. The van der Waals surface area contributed by atoms with Crippen molar-refractivity contribution in [1.82, 2.24) is 4.57 Å². The lowest BCUT2D eigenvalue weighted by atomic mass is 10.1. The van der Waals surface area contributed by atoms with Crippen molar-refractivity contribution in [1.29, 1.82) is 0 Å². The maximum atomic E-state index is 13.3. The summed E-state index contributed by atoms with van der Waals surface area (Å²) in [5, 5.41) is 1.16. The Hall–Kier alpha value is -2.39. The van der Waals surface area contributed by atoms with E-state index in [1.807, 2.05) is 29.7 Å². The maximum absolute atomic E-state index is 13.3. The molecule has 0 spiro atoms. The molecule has 1 aromatic heterocycles. The lowest BCUT2D eigenvalue weighted by molar-refractivity contribution is 0.0842. The molecular weight excluding hydrogens is 296 g/mol. The molecule has 0 bridgehead atoms. The van der Waals surface area contributed by atoms with Gasteiger partial charge in [-0.2, -0.15) is 0 Å². The predicted molar refractivity (Wildman–Crippen MR) is 97.4 cm³/mol. The molecule has 0 saturated heterocycles. The summed E-state index contributed by atoms with van der Waals surface area (Å²) in [4.78, 5) is 13.3. The van der Waals surface area contributed by atoms with Gasteiger partial charge in [-0.15, -0.1) is 0 Å². The molecule has 1 aliphatic carbocycles. The van der Waals surface area contributed by atoms with E-state index in [2.05, 4.69) is 30.3 Å². The van der Waals surface area contributed by atoms with Gasteiger partial charge < -0.3 is 5.73 Å². The summed E-state index contributed by atoms with van der Waals surface area (Å²) < 4.78 is 1.93. The van der Waals surface area contributed by atoms with Crippen LogP contribution in [-0.4, -0.2) is 17.0 Å². The van der Waals surface area contributed by atoms with Crippen LogP contribution in [0.25, 0.3) is 10.9 Å². The molecule has 0 amide bonds. The van der Waals surface area contributed by atoms with E-state index < -0.39 is 0 Å². The van der Waals surface area contributed by atoms with Gasteiger partial charge in [0.25, 0.3) is 0 Å². The quantitative estimate of drug-likeness (QED) is 0.803. The van der Waals surface area contributed by atoms with Gasteiger partial charge in [-0.25, -0.2) is 0 Å². The van der Waals surface area contributed by atoms with Crippen LogP contribution in [0.15, 0.2) is 48.5 Å². The third-order valence-corrected chi connectivity index (χ3v) is 5.26. The van der Waals surface area contributed by atoms with E-state index in [0.29, 0.717) is 6.54 Å². The van der Waals surface area contributed by atoms with Crippen molar-refractivity contribution >= 4 is 16.8 Å². The van der Waals surface area contributed by atoms with E-state index in [1.165, 1.54) is 16.7 Å². The smallest absolute Gasteiger partial charge is 0.235 e. The molecular formula is C21H22N2O. The predicted octanol–water partition coefficient (Wildman–Crippen LogP) is 3.51. The zero-order valence-corrected chi connectivity index (χ0v) is 14.0. The first-order valence-electron chi connectivity index (χ1n) is 8.60. The highest BCUT2D eigenvalue weighted by molar-refractivity contribution is 5.97. The number of hydrogen-bond acceptors (Lipinski definition) is 2. The number of benzene rings is 2. The van der Waals surface area contributed by atoms with Gasteiger partial charge in [0.2, 0.25) is 5.91 Å². The molecule has 1 aliphatic rings. The number of nitrogens with two attached hydrogens (primary N) is 1. The Morgan fingerprint density at radius 1 is 1.08 bits per heavy atom. The molecule has 2 aromatic carbocycles. The molecule has 3 aromatic rings. The molecule has 0 aliphatic heterocycles. The summed E-state index contributed by atoms with van der Waals surface area (Å²) in [6, 6.07) is 16.6. The van der Waals surface area contributed by atoms with Crippen LogP contribution in [0.3, 0.4) is 0 Å². The number of carbonyl (C=O) groups is 1. The molecule has 4 rings (SSSR count). The Kier molecular flexibility index (Phi) is 3.73. The van der Waals surface area contributed by atoms with Gasteiger partial charge in [-0.1, -0.05) is 42.5 Å². The fraction of sp³-hybridized carbons (Fsp3) is 0.286. The van der Waals surface area contributed by atoms with Gasteiger partial charge in [0.05, 0.1) is 5.52 Å². The summed E-state index contributed by atoms with van der Waals surface area (Å²) in [5.41, 5.74) is 11.7. The molecule has 0 atom stereocenters. The summed E-state index contributed by atoms with van der Waals surface area (Å²) in [6.45, 7) is 2.64. The van der Waals surface area contributed by atoms with Crippen molar-refractivity contribution in [2.45, 2.75) is 26.2 Å². The zero-order chi connectivity index (χ0) is 16.7. The second kappa shape index (κ2) is 5.91. The highest BCUT2D eigenvalue weighted by atomic mass is 16.2. The second-order valence-corrected chi connectivity index (χ2v) is 6.67. The van der Waals surface area contributed by atoms with E-state index in [-0.39, 0.29) is 11.8 Å². The van der Waals surface area contributed by atoms with Crippen LogP contribution < -0.4 is 5.73 Å². The number of hydrogen-bond donors (Lipinski definition) is 1. The Bertz CT molecular complexity index is 898. The highest BCUT2D eigenvalue weighted by Crippen LogP contribution is 2.31. The average molecular weight is 318 g/mol. The molecule has 24 heavy (non-hydrogen) atoms. The molecule has 1 heterocycles. The molecule has 0 radical (unpaired) electrons. The molecule has 0 unspecified atom stereocenters. The van der Waals surface area contributed by atoms with Crippen LogP contribution in [0.4, 0.5) is 0 Å². The highest BCUT2D eigenvalue weighted by Gasteiger charge is 2.30. The molecule has 0 saturated carbocycles. The minimum Gasteiger partial charge on any atom is -0.330 e. The van der Waals surface area contributed by atoms with Crippen LogP contribution in [0, 0.1) is 12.8 Å². The van der Waals surface area contributed by atoms with Crippen molar-refractivity contribution in [3.8, 4) is 0 Å². The number of nitrogens with zero attached hydrogens (tertiary/aromatic N) is 1. The lowest BCUT2D eigenvalue weighted by Crippen LogP contribution is -2.23. The first-order valence-corrected chi connectivity index (χ1v) is 8.60. The molecule has 0 fully saturated rings. The van der Waals surface area contributed by atoms with E-state index in [1.54, 1.807) is 0 Å². The van der Waals surface area contributed by atoms with Gasteiger partial charge in [-0.05, 0) is 55.5 Å². The summed E-state index contributed by atoms with van der Waals surface area (Å²) in [7, 11) is 0. The zero-order valence-electron chi connectivity index (χ0n) is 14.0. The van der Waals surface area contributed by atoms with Gasteiger partial charge in [0, 0.05) is 17.0 Å². The van der Waals surface area contributed by atoms with Crippen LogP contribution in [-0.2, 0) is 19.3 Å². The molecule has 3 heteroatoms. The van der Waals surface area contributed by atoms with Crippen molar-refractivity contribution in [3.05, 3.63) is 70.9 Å². The Morgan fingerprint density at radius 2 is 1.71 bits per heavy atom. The Balaban J connectivity index is 1.77. The van der Waals surface area contributed by atoms with Crippen molar-refractivity contribution in [2.75, 3.05) is 6.54 Å². The van der Waals surface area contributed by atoms with Crippen molar-refractivity contribution < 1.29 is 4.79 Å². The first-order chi connectivity index (χ1) is 11.7. The minimum absolute atomic E-state index is 0.0302. The van der Waals surface area contributed by atoms with E-state index in [9.17, 15) is 4.79 Å². The number of fused-ring (bicyclic) bond motifs is 2. The number of rotatable bonds is 3. The fourth-order valence-corrected chi connectivity index (χ4v) is 4.09. The van der Waals surface area contributed by atoms with Crippen molar-refractivity contribution in [3.63, 3.8) is 0 Å². The third-order valence-electron chi connectivity index (χ3n) is 5.26. The Labute approximate surface area is 142 Å².